The smallest absolute Gasteiger partial charge is 0.341 e. The van der Waals surface area contributed by atoms with E-state index < -0.39 is 11.4 Å². The second kappa shape index (κ2) is 7.73. The highest BCUT2D eigenvalue weighted by Gasteiger charge is 2.31. The van der Waals surface area contributed by atoms with Crippen LogP contribution in [-0.2, 0) is 0 Å². The third-order valence-corrected chi connectivity index (χ3v) is 6.45. The first kappa shape index (κ1) is 21.2. The lowest BCUT2D eigenvalue weighted by Gasteiger charge is -2.20. The Morgan fingerprint density at radius 2 is 1.76 bits per heavy atom. The molecule has 2 heterocycles. The Kier molecular flexibility index (Phi) is 4.96. The molecular weight excluding hydrogens is 419 g/mol. The number of pyridine rings is 1. The third-order valence-electron chi connectivity index (χ3n) is 6.45. The molecule has 168 valence electrons. The average Bonchev–Trinajstić information content (AvgIpc) is 3.59. The molecule has 5 rings (SSSR count). The van der Waals surface area contributed by atoms with Gasteiger partial charge in [-0.1, -0.05) is 30.3 Å². The summed E-state index contributed by atoms with van der Waals surface area (Å²) in [5, 5.41) is 3.31. The molecule has 1 aliphatic carbocycles. The second-order valence-corrected chi connectivity index (χ2v) is 8.88. The quantitative estimate of drug-likeness (QED) is 0.415. The monoisotopic (exact) mass is 444 g/mol. The molecule has 5 nitrogen and oxygen atoms in total. The number of nitrogens with zero attached hydrogens (tertiary/aromatic N) is 1. The number of rotatable bonds is 4. The van der Waals surface area contributed by atoms with E-state index in [0.29, 0.717) is 5.69 Å². The summed E-state index contributed by atoms with van der Waals surface area (Å²) in [6, 6.07) is 12.7. The Morgan fingerprint density at radius 1 is 1.03 bits per heavy atom. The minimum atomic E-state index is -0.560. The molecule has 0 aliphatic heterocycles. The van der Waals surface area contributed by atoms with Gasteiger partial charge in [-0.15, -0.1) is 0 Å². The lowest BCUT2D eigenvalue weighted by Crippen LogP contribution is -2.25. The van der Waals surface area contributed by atoms with Crippen LogP contribution in [0, 0.1) is 33.5 Å². The third kappa shape index (κ3) is 3.46. The van der Waals surface area contributed by atoms with Crippen molar-refractivity contribution in [1.29, 1.82) is 0 Å². The Balaban J connectivity index is 1.91. The number of aryl methyl sites for hydroxylation is 2. The van der Waals surface area contributed by atoms with Gasteiger partial charge in [0.2, 0.25) is 0 Å². The zero-order valence-corrected chi connectivity index (χ0v) is 19.1. The van der Waals surface area contributed by atoms with Crippen molar-refractivity contribution >= 4 is 22.3 Å². The van der Waals surface area contributed by atoms with E-state index in [0.717, 1.165) is 40.8 Å². The van der Waals surface area contributed by atoms with E-state index in [1.807, 2.05) is 38.1 Å². The Hall–Kier alpha value is -3.67. The number of halogens is 1. The van der Waals surface area contributed by atoms with Gasteiger partial charge in [-0.3, -0.25) is 4.79 Å². The van der Waals surface area contributed by atoms with E-state index >= 15 is 0 Å². The van der Waals surface area contributed by atoms with Crippen LogP contribution in [0.2, 0.25) is 0 Å². The first-order valence-electron chi connectivity index (χ1n) is 11.1. The molecule has 0 bridgehead atoms. The van der Waals surface area contributed by atoms with Gasteiger partial charge in [-0.05, 0) is 69.4 Å². The summed E-state index contributed by atoms with van der Waals surface area (Å²) in [4.78, 5) is 26.7. The number of nitrogens with one attached hydrogen (secondary N) is 1. The van der Waals surface area contributed by atoms with Crippen molar-refractivity contribution in [3.63, 3.8) is 0 Å². The molecule has 1 saturated carbocycles. The van der Waals surface area contributed by atoms with Crippen LogP contribution >= 0.6 is 0 Å². The van der Waals surface area contributed by atoms with Crippen molar-refractivity contribution in [2.75, 3.05) is 5.32 Å². The molecule has 0 atom stereocenters. The van der Waals surface area contributed by atoms with Gasteiger partial charge >= 0.3 is 5.63 Å². The van der Waals surface area contributed by atoms with Gasteiger partial charge in [0.1, 0.15) is 11.2 Å². The molecule has 2 aromatic carbocycles. The maximum absolute atomic E-state index is 14.7. The number of hydrogen-bond acceptors (Lipinski definition) is 4. The summed E-state index contributed by atoms with van der Waals surface area (Å²) >= 11 is 0. The van der Waals surface area contributed by atoms with Gasteiger partial charge in [0.25, 0.3) is 5.56 Å². The van der Waals surface area contributed by atoms with Gasteiger partial charge in [-0.25, -0.2) is 9.18 Å². The number of anilines is 2. The topological polar surface area (TPSA) is 64.2 Å². The van der Waals surface area contributed by atoms with Crippen LogP contribution in [0.3, 0.4) is 0 Å². The van der Waals surface area contributed by atoms with E-state index in [1.54, 1.807) is 30.5 Å². The van der Waals surface area contributed by atoms with Crippen molar-refractivity contribution in [1.82, 2.24) is 4.57 Å². The molecule has 0 unspecified atom stereocenters. The zero-order valence-electron chi connectivity index (χ0n) is 19.1. The number of benzene rings is 2. The second-order valence-electron chi connectivity index (χ2n) is 8.88. The first-order valence-corrected chi connectivity index (χ1v) is 11.1. The van der Waals surface area contributed by atoms with E-state index in [2.05, 4.69) is 5.32 Å². The van der Waals surface area contributed by atoms with Crippen LogP contribution in [0.1, 0.15) is 41.3 Å². The minimum absolute atomic E-state index is 0.112. The molecule has 0 saturated heterocycles. The van der Waals surface area contributed by atoms with Gasteiger partial charge in [0.05, 0.1) is 16.9 Å². The van der Waals surface area contributed by atoms with Gasteiger partial charge in [0, 0.05) is 17.3 Å². The van der Waals surface area contributed by atoms with Crippen molar-refractivity contribution in [2.45, 2.75) is 46.6 Å². The van der Waals surface area contributed by atoms with Crippen molar-refractivity contribution in [3.8, 4) is 11.1 Å². The van der Waals surface area contributed by atoms with Crippen LogP contribution in [0.4, 0.5) is 15.8 Å². The normalized spacial score (nSPS) is 13.5. The molecule has 0 spiro atoms. The van der Waals surface area contributed by atoms with Crippen molar-refractivity contribution in [2.24, 2.45) is 0 Å². The van der Waals surface area contributed by atoms with Gasteiger partial charge in [-0.2, -0.15) is 0 Å². The summed E-state index contributed by atoms with van der Waals surface area (Å²) in [5.41, 5.74) is 4.34. The van der Waals surface area contributed by atoms with Crippen LogP contribution in [0.15, 0.2) is 56.5 Å². The highest BCUT2D eigenvalue weighted by molar-refractivity contribution is 6.01. The van der Waals surface area contributed by atoms with Gasteiger partial charge in [0.15, 0.2) is 5.58 Å². The predicted molar refractivity (Wildman–Crippen MR) is 129 cm³/mol. The fourth-order valence-corrected chi connectivity index (χ4v) is 4.52. The van der Waals surface area contributed by atoms with Crippen molar-refractivity contribution < 1.29 is 8.81 Å². The molecule has 6 heteroatoms. The number of fused-ring (bicyclic) bond motifs is 1. The Bertz CT molecular complexity index is 1540. The summed E-state index contributed by atoms with van der Waals surface area (Å²) in [5.74, 6) is -0.454. The first-order chi connectivity index (χ1) is 15.8. The lowest BCUT2D eigenvalue weighted by molar-refractivity contribution is 0.552. The number of hydrogen-bond donors (Lipinski definition) is 1. The predicted octanol–water partition coefficient (Wildman–Crippen LogP) is 6.07. The highest BCUT2D eigenvalue weighted by Crippen LogP contribution is 2.41. The molecule has 1 fully saturated rings. The molecule has 0 radical (unpaired) electrons. The summed E-state index contributed by atoms with van der Waals surface area (Å²) < 4.78 is 22.3. The molecule has 1 N–H and O–H groups in total. The summed E-state index contributed by atoms with van der Waals surface area (Å²) in [6.45, 7) is 7.28. The maximum atomic E-state index is 14.7. The van der Waals surface area contributed by atoms with Crippen LogP contribution in [-0.4, -0.2) is 4.57 Å². The zero-order chi connectivity index (χ0) is 23.4. The average molecular weight is 445 g/mol. The fraction of sp³-hybridized carbons (Fsp3) is 0.259. The summed E-state index contributed by atoms with van der Waals surface area (Å²) in [7, 11) is 0. The standard InChI is InChI=1S/C27H25FN2O3/c1-14-9-12-21(20(28)13-14)29-24-16(3)27(32)33-25-22(19-8-6-5-7-15(19)2)17(4)30(18-10-11-18)26(31)23(24)25/h5-9,12-13,18,29H,10-11H2,1-4H3. The van der Waals surface area contributed by atoms with Crippen LogP contribution < -0.4 is 16.5 Å². The van der Waals surface area contributed by atoms with E-state index in [1.165, 1.54) is 6.07 Å². The van der Waals surface area contributed by atoms with E-state index in [4.69, 9.17) is 4.42 Å². The molecule has 1 aliphatic rings. The molecule has 0 amide bonds. The maximum Gasteiger partial charge on any atom is 0.341 e. The minimum Gasteiger partial charge on any atom is -0.421 e. The molecule has 33 heavy (non-hydrogen) atoms. The fourth-order valence-electron chi connectivity index (χ4n) is 4.52. The van der Waals surface area contributed by atoms with Crippen LogP contribution in [0.5, 0.6) is 0 Å². The molecule has 2 aromatic heterocycles. The lowest BCUT2D eigenvalue weighted by atomic mass is 9.96. The Labute approximate surface area is 190 Å². The van der Waals surface area contributed by atoms with E-state index in [-0.39, 0.29) is 33.8 Å². The number of aromatic nitrogens is 1. The highest BCUT2D eigenvalue weighted by atomic mass is 19.1. The molecule has 4 aromatic rings. The largest absolute Gasteiger partial charge is 0.421 e. The van der Waals surface area contributed by atoms with E-state index in [9.17, 15) is 14.0 Å². The Morgan fingerprint density at radius 3 is 2.42 bits per heavy atom. The van der Waals surface area contributed by atoms with Gasteiger partial charge < -0.3 is 14.3 Å². The van der Waals surface area contributed by atoms with Crippen molar-refractivity contribution in [3.05, 3.63) is 91.4 Å². The molecular formula is C27H25FN2O3. The SMILES string of the molecule is Cc1ccc(Nc2c(C)c(=O)oc3c(-c4ccccc4C)c(C)n(C4CC4)c(=O)c23)c(F)c1. The van der Waals surface area contributed by atoms with Crippen LogP contribution in [0.25, 0.3) is 22.1 Å². The summed E-state index contributed by atoms with van der Waals surface area (Å²) in [6.07, 6.45) is 1.84.